The molecule has 0 saturated heterocycles. The van der Waals surface area contributed by atoms with Crippen molar-refractivity contribution in [3.05, 3.63) is 139 Å². The number of hydrogen-bond donors (Lipinski definition) is 0. The molecular weight excluding hydrogens is 521 g/mol. The average molecular weight is 564 g/mol. The van der Waals surface area contributed by atoms with Crippen molar-refractivity contribution in [1.29, 1.82) is 5.26 Å². The molecule has 3 nitrogen and oxygen atoms in total. The van der Waals surface area contributed by atoms with E-state index in [2.05, 4.69) is 6.07 Å². The van der Waals surface area contributed by atoms with Gasteiger partial charge in [-0.15, -0.1) is 0 Å². The molecule has 0 amide bonds. The van der Waals surface area contributed by atoms with Gasteiger partial charge in [0, 0.05) is 27.8 Å². The van der Waals surface area contributed by atoms with Gasteiger partial charge in [0.25, 0.3) is 0 Å². The maximum absolute atomic E-state index is 13.2. The molecule has 4 heteroatoms. The van der Waals surface area contributed by atoms with E-state index in [1.54, 1.807) is 18.2 Å². The van der Waals surface area contributed by atoms with Gasteiger partial charge in [0.1, 0.15) is 5.82 Å². The minimum atomic E-state index is -0.282. The van der Waals surface area contributed by atoms with Gasteiger partial charge in [0.15, 0.2) is 10.9 Å². The molecule has 0 aromatic heterocycles. The van der Waals surface area contributed by atoms with Gasteiger partial charge < -0.3 is 0 Å². The van der Waals surface area contributed by atoms with Gasteiger partial charge >= 0.3 is 0 Å². The summed E-state index contributed by atoms with van der Waals surface area (Å²) < 4.78 is 13.2. The summed E-state index contributed by atoms with van der Waals surface area (Å²) in [5.74, 6) is -0.282. The summed E-state index contributed by atoms with van der Waals surface area (Å²) in [6.45, 7) is 15.9. The van der Waals surface area contributed by atoms with E-state index >= 15 is 0 Å². The quantitative estimate of drug-likeness (QED) is 0.244. The highest BCUT2D eigenvalue weighted by molar-refractivity contribution is 5.71. The van der Waals surface area contributed by atoms with Crippen molar-refractivity contribution in [2.24, 2.45) is 0 Å². The lowest BCUT2D eigenvalue weighted by Crippen LogP contribution is -2.22. The van der Waals surface area contributed by atoms with Crippen LogP contribution in [-0.2, 0) is 10.8 Å². The topological polar surface area (TPSA) is 57.9 Å². The van der Waals surface area contributed by atoms with Crippen LogP contribution >= 0.6 is 0 Å². The van der Waals surface area contributed by atoms with Crippen LogP contribution in [0.1, 0.15) is 76.8 Å². The molecule has 0 unspecified atom stereocenters. The lowest BCUT2D eigenvalue weighted by atomic mass is 9.86. The van der Waals surface area contributed by atoms with Gasteiger partial charge in [-0.3, -0.25) is 9.59 Å². The van der Waals surface area contributed by atoms with E-state index in [-0.39, 0.29) is 34.9 Å². The van der Waals surface area contributed by atoms with Crippen molar-refractivity contribution in [1.82, 2.24) is 0 Å². The van der Waals surface area contributed by atoms with Crippen LogP contribution in [0.2, 0.25) is 0 Å². The number of aryl methyl sites for hydroxylation is 2. The fraction of sp³-hybridized carbons (Fsp3) is 0.289. The minimum Gasteiger partial charge on any atom is -0.289 e. The van der Waals surface area contributed by atoms with Crippen LogP contribution in [-0.4, -0.2) is 0 Å². The summed E-state index contributed by atoms with van der Waals surface area (Å²) >= 11 is 0. The highest BCUT2D eigenvalue weighted by atomic mass is 19.1. The molecule has 0 aliphatic rings. The van der Waals surface area contributed by atoms with Gasteiger partial charge in [0.05, 0.1) is 11.6 Å². The molecule has 0 aliphatic heterocycles. The zero-order valence-electron chi connectivity index (χ0n) is 25.2. The molecule has 0 aliphatic carbocycles. The van der Waals surface area contributed by atoms with Crippen molar-refractivity contribution in [2.45, 2.75) is 73.6 Å². The van der Waals surface area contributed by atoms with Crippen molar-refractivity contribution < 1.29 is 4.39 Å². The number of benzene rings is 2. The van der Waals surface area contributed by atoms with E-state index in [0.29, 0.717) is 22.3 Å². The van der Waals surface area contributed by atoms with Gasteiger partial charge in [-0.1, -0.05) is 116 Å². The first-order valence-electron chi connectivity index (χ1n) is 13.7. The highest BCUT2D eigenvalue weighted by Gasteiger charge is 2.20. The molecule has 0 bridgehead atoms. The standard InChI is InChI=1S/C19H19NO.C18H19FO.CH4/c1-13-9-10-15(14(11-13)12-20)16-7-5-6-8-17(18(16)21)19(2,3)4;1-12-11-13(19)9-10-14(12)15-7-5-6-8-16(17(15)20)18(2,3)4;/h5-11H,1-4H3;5-11H,1-4H3;1H4. The first-order chi connectivity index (χ1) is 19.1. The van der Waals surface area contributed by atoms with E-state index in [0.717, 1.165) is 27.8 Å². The number of nitrogens with zero attached hydrogens (tertiary/aromatic N) is 1. The third kappa shape index (κ3) is 7.89. The molecule has 0 fully saturated rings. The second-order valence-electron chi connectivity index (χ2n) is 12.4. The molecule has 0 radical (unpaired) electrons. The van der Waals surface area contributed by atoms with Gasteiger partial charge in [-0.05, 0) is 59.6 Å². The predicted octanol–water partition coefficient (Wildman–Crippen LogP) is 9.29. The van der Waals surface area contributed by atoms with E-state index in [1.807, 2.05) is 110 Å². The van der Waals surface area contributed by atoms with Crippen molar-refractivity contribution in [3.63, 3.8) is 0 Å². The van der Waals surface area contributed by atoms with Crippen molar-refractivity contribution in [3.8, 4) is 28.3 Å². The number of halogens is 1. The van der Waals surface area contributed by atoms with Crippen LogP contribution in [0.25, 0.3) is 22.3 Å². The Kier molecular flexibility index (Phi) is 10.9. The molecule has 218 valence electrons. The van der Waals surface area contributed by atoms with E-state index < -0.39 is 0 Å². The second-order valence-corrected chi connectivity index (χ2v) is 12.4. The summed E-state index contributed by atoms with van der Waals surface area (Å²) in [6.07, 6.45) is 0. The molecule has 0 spiro atoms. The van der Waals surface area contributed by atoms with Gasteiger partial charge in [0.2, 0.25) is 0 Å². The first-order valence-corrected chi connectivity index (χ1v) is 13.7. The number of rotatable bonds is 2. The molecule has 0 atom stereocenters. The Labute approximate surface area is 250 Å². The molecule has 0 N–H and O–H groups in total. The monoisotopic (exact) mass is 563 g/mol. The maximum atomic E-state index is 13.2. The Hall–Kier alpha value is -4.36. The van der Waals surface area contributed by atoms with Crippen LogP contribution in [0.5, 0.6) is 0 Å². The molecule has 0 saturated carbocycles. The van der Waals surface area contributed by atoms with E-state index in [9.17, 15) is 19.2 Å². The fourth-order valence-corrected chi connectivity index (χ4v) is 4.72. The largest absolute Gasteiger partial charge is 0.289 e. The molecule has 42 heavy (non-hydrogen) atoms. The lowest BCUT2D eigenvalue weighted by Gasteiger charge is -2.17. The zero-order chi connectivity index (χ0) is 30.5. The zero-order valence-corrected chi connectivity index (χ0v) is 25.2. The van der Waals surface area contributed by atoms with E-state index in [4.69, 9.17) is 0 Å². The Balaban J connectivity index is 0.000000287. The highest BCUT2D eigenvalue weighted by Crippen LogP contribution is 2.26. The van der Waals surface area contributed by atoms with Crippen LogP contribution in [0.4, 0.5) is 4.39 Å². The summed E-state index contributed by atoms with van der Waals surface area (Å²) in [6, 6.07) is 27.1. The van der Waals surface area contributed by atoms with Crippen LogP contribution in [0.15, 0.2) is 94.5 Å². The summed E-state index contributed by atoms with van der Waals surface area (Å²) in [5, 5.41) is 9.33. The van der Waals surface area contributed by atoms with Crippen molar-refractivity contribution >= 4 is 0 Å². The SMILES string of the molecule is C.Cc1cc(F)ccc1-c1ccccc(C(C)(C)C)c1=O.Cc1ccc(-c2ccccc(C(C)(C)C)c2=O)c(C#N)c1. The Morgan fingerprint density at radius 2 is 1.07 bits per heavy atom. The first kappa shape index (κ1) is 33.8. The summed E-state index contributed by atoms with van der Waals surface area (Å²) in [4.78, 5) is 25.6. The Morgan fingerprint density at radius 1 is 0.619 bits per heavy atom. The number of hydrogen-bond acceptors (Lipinski definition) is 3. The third-order valence-corrected chi connectivity index (χ3v) is 6.93. The van der Waals surface area contributed by atoms with Gasteiger partial charge in [-0.25, -0.2) is 4.39 Å². The van der Waals surface area contributed by atoms with E-state index in [1.165, 1.54) is 12.1 Å². The fourth-order valence-electron chi connectivity index (χ4n) is 4.72. The lowest BCUT2D eigenvalue weighted by molar-refractivity contribution is 0.586. The summed E-state index contributed by atoms with van der Waals surface area (Å²) in [7, 11) is 0. The third-order valence-electron chi connectivity index (χ3n) is 6.93. The molecule has 0 heterocycles. The van der Waals surface area contributed by atoms with Crippen molar-refractivity contribution in [2.75, 3.05) is 0 Å². The van der Waals surface area contributed by atoms with Crippen LogP contribution in [0, 0.1) is 31.0 Å². The average Bonchev–Trinajstić information content (AvgIpc) is 3.19. The molecular formula is C38H42FNO2. The number of nitriles is 1. The maximum Gasteiger partial charge on any atom is 0.190 e. The molecule has 4 aromatic rings. The van der Waals surface area contributed by atoms with Crippen LogP contribution < -0.4 is 10.9 Å². The second kappa shape index (κ2) is 13.5. The summed E-state index contributed by atoms with van der Waals surface area (Å²) in [5.41, 5.74) is 6.09. The minimum absolute atomic E-state index is 0. The van der Waals surface area contributed by atoms with Crippen LogP contribution in [0.3, 0.4) is 0 Å². The molecule has 4 aromatic carbocycles. The predicted molar refractivity (Wildman–Crippen MR) is 175 cm³/mol. The normalized spacial score (nSPS) is 11.0. The Morgan fingerprint density at radius 3 is 1.52 bits per heavy atom. The molecule has 4 rings (SSSR count). The Bertz CT molecular complexity index is 1740. The van der Waals surface area contributed by atoms with Gasteiger partial charge in [-0.2, -0.15) is 5.26 Å². The smallest absolute Gasteiger partial charge is 0.190 e.